The summed E-state index contributed by atoms with van der Waals surface area (Å²) in [4.78, 5) is 11.0. The summed E-state index contributed by atoms with van der Waals surface area (Å²) in [5.74, 6) is 1.85. The van der Waals surface area contributed by atoms with E-state index in [1.807, 2.05) is 224 Å². The van der Waals surface area contributed by atoms with Crippen molar-refractivity contribution in [2.24, 2.45) is 0 Å². The van der Waals surface area contributed by atoms with Crippen LogP contribution < -0.4 is 28.4 Å². The average Bonchev–Trinajstić information content (AvgIpc) is 1.61. The second-order valence-corrected chi connectivity index (χ2v) is 35.9. The van der Waals surface area contributed by atoms with E-state index in [2.05, 4.69) is 210 Å². The lowest BCUT2D eigenvalue weighted by Crippen LogP contribution is -2.34. The van der Waals surface area contributed by atoms with E-state index in [-0.39, 0.29) is 0 Å². The third-order valence-corrected chi connectivity index (χ3v) is 26.1. The van der Waals surface area contributed by atoms with Crippen LogP contribution in [0.5, 0.6) is 34.5 Å². The quantitative estimate of drug-likeness (QED) is 0.150. The zero-order valence-electron chi connectivity index (χ0n) is 74.0. The Balaban J connectivity index is 0.000000108. The van der Waals surface area contributed by atoms with Gasteiger partial charge in [0.05, 0.1) is 52.8 Å². The van der Waals surface area contributed by atoms with Crippen molar-refractivity contribution < 1.29 is 41.7 Å². The summed E-state index contributed by atoms with van der Waals surface area (Å²) in [7, 11) is 0. The van der Waals surface area contributed by atoms with Crippen molar-refractivity contribution in [1.29, 1.82) is 0 Å². The number of nitrogens with zero attached hydrogens (tertiary/aromatic N) is 6. The molecule has 0 amide bonds. The molecule has 18 aromatic carbocycles. The molecule has 642 valence electrons. The predicted octanol–water partition coefficient (Wildman–Crippen LogP) is 33.2. The van der Waals surface area contributed by atoms with Gasteiger partial charge in [-0.1, -0.05) is 170 Å². The number of furan rings is 3. The van der Waals surface area contributed by atoms with Crippen molar-refractivity contribution in [2.45, 2.75) is 58.9 Å². The molecule has 15 nitrogen and oxygen atoms in total. The van der Waals surface area contributed by atoms with Gasteiger partial charge in [-0.3, -0.25) is 0 Å². The van der Waals surface area contributed by atoms with Crippen LogP contribution in [0.1, 0.15) is 41.5 Å². The van der Waals surface area contributed by atoms with Crippen LogP contribution in [-0.2, 0) is 0 Å². The summed E-state index contributed by atoms with van der Waals surface area (Å²) in [6, 6.07) is 124. The molecule has 3 aliphatic rings. The van der Waals surface area contributed by atoms with Crippen molar-refractivity contribution in [1.82, 2.24) is 13.7 Å². The van der Waals surface area contributed by atoms with Crippen LogP contribution in [-0.4, -0.2) is 31.1 Å². The molecule has 0 atom stereocenters. The van der Waals surface area contributed by atoms with Crippen LogP contribution >= 0.6 is 0 Å². The lowest BCUT2D eigenvalue weighted by atomic mass is 9.95. The smallest absolute Gasteiger partial charge is 0.245 e. The van der Waals surface area contributed by atoms with Gasteiger partial charge in [-0.2, -0.15) is 0 Å². The highest BCUT2D eigenvalue weighted by Gasteiger charge is 2.35. The third-order valence-electron chi connectivity index (χ3n) is 26.1. The SMILES string of the molecule is [C-]#[N+]c1ccc2c(c1)c1ccccc1n2-c1ccc2c(c1)OC(C)(C)Oc1ccc(-c3ccc4c(c3)oc3ccccc34)cc1-2.[C-]#[N+]c1ccc2c(c1)c1ccccc1n2-c1ccc2c(c1)OC(C)(C)Oc1ccc(-c3ccc4oc5ccccc5c4c3)cc1-2.[C-]#[N+]c1ccc2c(c1)c1ccccc1n2-c1ccc2c(c1)OC(C)(C)Oc1ccc(-c3cccc4oc5ccccc5c34)cc1-2. The first-order valence-corrected chi connectivity index (χ1v) is 44.9. The van der Waals surface area contributed by atoms with Gasteiger partial charge >= 0.3 is 0 Å². The van der Waals surface area contributed by atoms with Gasteiger partial charge in [-0.05, 0) is 225 Å². The zero-order chi connectivity index (χ0) is 90.9. The van der Waals surface area contributed by atoms with E-state index < -0.39 is 17.4 Å². The molecular weight excluding hydrogens is 1670 g/mol. The van der Waals surface area contributed by atoms with Crippen molar-refractivity contribution in [3.63, 3.8) is 0 Å². The lowest BCUT2D eigenvalue weighted by Gasteiger charge is -2.26. The summed E-state index contributed by atoms with van der Waals surface area (Å²) >= 11 is 0. The van der Waals surface area contributed by atoms with Crippen molar-refractivity contribution in [3.05, 3.63) is 398 Å². The number of benzene rings is 18. The Morgan fingerprint density at radius 2 is 0.519 bits per heavy atom. The second-order valence-electron chi connectivity index (χ2n) is 35.9. The van der Waals surface area contributed by atoms with E-state index in [1.165, 1.54) is 0 Å². The molecule has 24 aromatic rings. The van der Waals surface area contributed by atoms with Gasteiger partial charge in [-0.25, -0.2) is 14.5 Å². The number of para-hydroxylation sites is 6. The van der Waals surface area contributed by atoms with Crippen molar-refractivity contribution >= 4 is 148 Å². The first-order chi connectivity index (χ1) is 65.9. The zero-order valence-corrected chi connectivity index (χ0v) is 74.0. The minimum absolute atomic E-state index is 0.626. The van der Waals surface area contributed by atoms with E-state index in [0.717, 1.165) is 250 Å². The number of rotatable bonds is 6. The molecule has 0 saturated heterocycles. The van der Waals surface area contributed by atoms with E-state index >= 15 is 0 Å². The van der Waals surface area contributed by atoms with Gasteiger partial charge in [0, 0.05) is 159 Å². The number of hydrogen-bond donors (Lipinski definition) is 0. The van der Waals surface area contributed by atoms with Crippen molar-refractivity contribution in [3.8, 4) is 118 Å². The Morgan fingerprint density at radius 1 is 0.200 bits per heavy atom. The topological polar surface area (TPSA) is 123 Å². The lowest BCUT2D eigenvalue weighted by molar-refractivity contribution is -0.0784. The molecule has 0 aliphatic carbocycles. The third kappa shape index (κ3) is 13.3. The minimum Gasteiger partial charge on any atom is -0.456 e. The van der Waals surface area contributed by atoms with Gasteiger partial charge in [0.25, 0.3) is 0 Å². The number of ether oxygens (including phenoxy) is 6. The molecular formula is C120H78N6O9. The van der Waals surface area contributed by atoms with Gasteiger partial charge in [-0.15, -0.1) is 0 Å². The highest BCUT2D eigenvalue weighted by Crippen LogP contribution is 2.53. The summed E-state index contributed by atoms with van der Waals surface area (Å²) < 4.78 is 64.3. The van der Waals surface area contributed by atoms with Gasteiger partial charge < -0.3 is 55.4 Å². The van der Waals surface area contributed by atoms with Crippen LogP contribution in [0.25, 0.3) is 230 Å². The van der Waals surface area contributed by atoms with Gasteiger partial charge in [0.2, 0.25) is 17.4 Å². The van der Waals surface area contributed by atoms with E-state index in [0.29, 0.717) is 17.1 Å². The Kier molecular flexibility index (Phi) is 17.8. The maximum absolute atomic E-state index is 7.54. The maximum Gasteiger partial charge on any atom is 0.245 e. The molecule has 0 saturated carbocycles. The van der Waals surface area contributed by atoms with Crippen LogP contribution in [0.2, 0.25) is 0 Å². The standard InChI is InChI=1S/3C40H26N2O3/c1-40(2)44-36-20-15-24(27-11-8-14-37-39(27)30-10-5-7-13-35(30)43-37)21-32(36)29-18-17-26(23-38(29)45-40)42-33-12-6-4-9-28(33)31-22-25(41-3)16-19-34(31)42;1-40(2)44-38-19-13-25(24-12-18-37-32(20-24)29-9-5-7-11-36(29)43-37)21-33(38)30-16-15-27(23-39(30)45-40)42-34-10-6-4-8-28(34)31-22-26(41-3)14-17-35(31)42;1-40(2)44-37-19-13-24(25-12-16-30-29-9-5-7-11-36(29)43-38(30)21-25)20-33(37)31-17-15-27(23-39(31)45-40)42-34-10-6-4-8-28(34)32-22-26(41-3)14-18-35(32)42/h3*4-23H,1-2H3. The fraction of sp³-hybridized carbons (Fsp3) is 0.0750. The first kappa shape index (κ1) is 79.2. The Bertz CT molecular complexity index is 9320. The van der Waals surface area contributed by atoms with E-state index in [9.17, 15) is 0 Å². The van der Waals surface area contributed by atoms with Crippen LogP contribution in [0.4, 0.5) is 17.1 Å². The molecule has 3 aliphatic heterocycles. The first-order valence-electron chi connectivity index (χ1n) is 44.9. The Morgan fingerprint density at radius 3 is 0.970 bits per heavy atom. The average molecular weight is 1750 g/mol. The van der Waals surface area contributed by atoms with E-state index in [4.69, 9.17) is 61.4 Å². The summed E-state index contributed by atoms with van der Waals surface area (Å²) in [5.41, 5.74) is 28.7. The second kappa shape index (κ2) is 30.3. The van der Waals surface area contributed by atoms with Gasteiger partial charge in [0.1, 0.15) is 68.0 Å². The maximum atomic E-state index is 7.54. The molecule has 0 radical (unpaired) electrons. The van der Waals surface area contributed by atoms with Crippen LogP contribution in [0, 0.1) is 19.7 Å². The normalized spacial score (nSPS) is 13.6. The largest absolute Gasteiger partial charge is 0.456 e. The summed E-state index contributed by atoms with van der Waals surface area (Å²) in [6.45, 7) is 34.3. The Hall–Kier alpha value is -18.0. The molecule has 0 fully saturated rings. The highest BCUT2D eigenvalue weighted by atomic mass is 16.7. The molecule has 0 bridgehead atoms. The molecule has 0 unspecified atom stereocenters. The Labute approximate surface area is 774 Å². The van der Waals surface area contributed by atoms with E-state index in [1.54, 1.807) is 0 Å². The molecule has 15 heteroatoms. The highest BCUT2D eigenvalue weighted by molar-refractivity contribution is 6.16. The number of fused-ring (bicyclic) bond motifs is 27. The molecule has 0 N–H and O–H groups in total. The minimum atomic E-state index is -0.897. The number of hydrogen-bond acceptors (Lipinski definition) is 9. The van der Waals surface area contributed by atoms with Crippen molar-refractivity contribution in [2.75, 3.05) is 0 Å². The molecule has 0 spiro atoms. The molecule has 135 heavy (non-hydrogen) atoms. The van der Waals surface area contributed by atoms with Crippen LogP contribution in [0.15, 0.2) is 377 Å². The predicted molar refractivity (Wildman–Crippen MR) is 542 cm³/mol. The fourth-order valence-electron chi connectivity index (χ4n) is 20.3. The summed E-state index contributed by atoms with van der Waals surface area (Å²) in [5, 5.41) is 13.1. The summed E-state index contributed by atoms with van der Waals surface area (Å²) in [6.07, 6.45) is 0. The number of aromatic nitrogens is 3. The molecule has 9 heterocycles. The molecule has 27 rings (SSSR count). The monoisotopic (exact) mass is 1750 g/mol. The van der Waals surface area contributed by atoms with Crippen LogP contribution in [0.3, 0.4) is 0 Å². The fourth-order valence-corrected chi connectivity index (χ4v) is 20.3. The van der Waals surface area contributed by atoms with Gasteiger partial charge in [0.15, 0.2) is 17.1 Å². The molecule has 6 aromatic heterocycles.